The molecule has 0 saturated heterocycles. The summed E-state index contributed by atoms with van der Waals surface area (Å²) in [5.74, 6) is -2.98. The quantitative estimate of drug-likeness (QED) is 0.506. The molecule has 0 N–H and O–H groups in total. The van der Waals surface area contributed by atoms with Gasteiger partial charge in [0.2, 0.25) is 8.03 Å². The van der Waals surface area contributed by atoms with E-state index in [-0.39, 0.29) is 13.2 Å². The lowest BCUT2D eigenvalue weighted by atomic mass is 10.7. The van der Waals surface area contributed by atoms with Crippen LogP contribution in [0.1, 0.15) is 20.8 Å². The molecule has 0 heterocycles. The molecule has 0 aromatic heterocycles. The Hall–Kier alpha value is -0.870. The van der Waals surface area contributed by atoms with Crippen LogP contribution < -0.4 is 0 Å². The molecule has 0 amide bonds. The highest BCUT2D eigenvalue weighted by Gasteiger charge is 2.29. The fraction of sp³-hybridized carbons (Fsp3) is 0.750. The van der Waals surface area contributed by atoms with Crippen LogP contribution in [0.15, 0.2) is 0 Å². The molecule has 0 rings (SSSR count). The SMILES string of the molecule is CCOC(=O)C(OC(C)=O)[PH](=O)OCC. The van der Waals surface area contributed by atoms with Gasteiger partial charge in [-0.3, -0.25) is 9.36 Å². The smallest absolute Gasteiger partial charge is 0.357 e. The first-order valence-corrected chi connectivity index (χ1v) is 5.92. The third-order valence-corrected chi connectivity index (χ3v) is 2.64. The van der Waals surface area contributed by atoms with Crippen molar-refractivity contribution in [3.8, 4) is 0 Å². The topological polar surface area (TPSA) is 78.9 Å². The summed E-state index contributed by atoms with van der Waals surface area (Å²) in [5.41, 5.74) is 0. The molecule has 0 aliphatic heterocycles. The van der Waals surface area contributed by atoms with E-state index >= 15 is 0 Å². The zero-order chi connectivity index (χ0) is 11.8. The lowest BCUT2D eigenvalue weighted by molar-refractivity contribution is -0.160. The van der Waals surface area contributed by atoms with E-state index in [2.05, 4.69) is 9.47 Å². The predicted octanol–water partition coefficient (Wildman–Crippen LogP) is 0.950. The lowest BCUT2D eigenvalue weighted by Crippen LogP contribution is -2.25. The Balaban J connectivity index is 4.49. The Kier molecular flexibility index (Phi) is 6.99. The summed E-state index contributed by atoms with van der Waals surface area (Å²) in [4.78, 5) is 21.9. The van der Waals surface area contributed by atoms with Crippen molar-refractivity contribution in [1.82, 2.24) is 0 Å². The van der Waals surface area contributed by atoms with Crippen molar-refractivity contribution in [3.63, 3.8) is 0 Å². The van der Waals surface area contributed by atoms with Crippen molar-refractivity contribution in [1.29, 1.82) is 0 Å². The number of hydrogen-bond donors (Lipinski definition) is 0. The Morgan fingerprint density at radius 2 is 1.87 bits per heavy atom. The Bertz CT molecular complexity index is 234. The Morgan fingerprint density at radius 1 is 1.27 bits per heavy atom. The standard InChI is InChI=1S/C8H15O6P/c1-4-12-7(10)8(14-6(3)9)15(11)13-5-2/h8,15H,4-5H2,1-3H3. The molecule has 15 heavy (non-hydrogen) atoms. The second kappa shape index (κ2) is 7.43. The summed E-state index contributed by atoms with van der Waals surface area (Å²) < 4.78 is 25.3. The minimum absolute atomic E-state index is 0.123. The predicted molar refractivity (Wildman–Crippen MR) is 52.8 cm³/mol. The number of rotatable bonds is 6. The van der Waals surface area contributed by atoms with Crippen LogP contribution in [0.3, 0.4) is 0 Å². The third kappa shape index (κ3) is 5.54. The minimum atomic E-state index is -2.76. The molecular formula is C8H15O6P. The van der Waals surface area contributed by atoms with Crippen molar-refractivity contribution in [2.45, 2.75) is 26.6 Å². The van der Waals surface area contributed by atoms with Crippen LogP contribution in [-0.2, 0) is 28.2 Å². The largest absolute Gasteiger partial charge is 0.463 e. The number of carbonyl (C=O) groups is 2. The van der Waals surface area contributed by atoms with E-state index in [1.165, 1.54) is 0 Å². The highest BCUT2D eigenvalue weighted by Crippen LogP contribution is 2.31. The van der Waals surface area contributed by atoms with Gasteiger partial charge in [-0.2, -0.15) is 0 Å². The zero-order valence-corrected chi connectivity index (χ0v) is 9.94. The van der Waals surface area contributed by atoms with Crippen LogP contribution in [0.5, 0.6) is 0 Å². The van der Waals surface area contributed by atoms with Crippen LogP contribution in [0.4, 0.5) is 0 Å². The van der Waals surface area contributed by atoms with E-state index in [4.69, 9.17) is 4.52 Å². The number of carbonyl (C=O) groups excluding carboxylic acids is 2. The summed E-state index contributed by atoms with van der Waals surface area (Å²) in [7, 11) is -2.76. The molecule has 0 saturated carbocycles. The van der Waals surface area contributed by atoms with Crippen molar-refractivity contribution >= 4 is 20.0 Å². The molecule has 0 bridgehead atoms. The van der Waals surface area contributed by atoms with Gasteiger partial charge in [0.15, 0.2) is 0 Å². The van der Waals surface area contributed by atoms with E-state index in [1.807, 2.05) is 0 Å². The van der Waals surface area contributed by atoms with Crippen molar-refractivity contribution < 1.29 is 28.2 Å². The molecule has 88 valence electrons. The highest BCUT2D eigenvalue weighted by molar-refractivity contribution is 7.41. The molecule has 0 aliphatic rings. The van der Waals surface area contributed by atoms with Crippen molar-refractivity contribution in [2.24, 2.45) is 0 Å². The maximum absolute atomic E-state index is 11.4. The molecular weight excluding hydrogens is 223 g/mol. The minimum Gasteiger partial charge on any atom is -0.463 e. The van der Waals surface area contributed by atoms with Gasteiger partial charge in [0.1, 0.15) is 0 Å². The van der Waals surface area contributed by atoms with Crippen LogP contribution in [0.2, 0.25) is 0 Å². The fourth-order valence-electron chi connectivity index (χ4n) is 0.794. The Morgan fingerprint density at radius 3 is 2.27 bits per heavy atom. The first kappa shape index (κ1) is 14.1. The summed E-state index contributed by atoms with van der Waals surface area (Å²) in [6.45, 7) is 4.64. The summed E-state index contributed by atoms with van der Waals surface area (Å²) in [5, 5.41) is 0. The normalized spacial score (nSPS) is 14.1. The van der Waals surface area contributed by atoms with Crippen LogP contribution in [-0.4, -0.2) is 31.0 Å². The Labute approximate surface area is 88.7 Å². The van der Waals surface area contributed by atoms with Gasteiger partial charge in [-0.25, -0.2) is 4.79 Å². The third-order valence-electron chi connectivity index (χ3n) is 1.29. The van der Waals surface area contributed by atoms with Gasteiger partial charge in [0.25, 0.3) is 5.85 Å². The molecule has 2 atom stereocenters. The van der Waals surface area contributed by atoms with Gasteiger partial charge < -0.3 is 14.0 Å². The summed E-state index contributed by atoms with van der Waals surface area (Å²) in [6, 6.07) is 0. The molecule has 2 unspecified atom stereocenters. The molecule has 0 spiro atoms. The molecule has 6 nitrogen and oxygen atoms in total. The van der Waals surface area contributed by atoms with E-state index < -0.39 is 25.8 Å². The van der Waals surface area contributed by atoms with Gasteiger partial charge in [-0.1, -0.05) is 0 Å². The lowest BCUT2D eigenvalue weighted by Gasteiger charge is -2.14. The molecule has 0 fully saturated rings. The van der Waals surface area contributed by atoms with Gasteiger partial charge in [0.05, 0.1) is 13.2 Å². The van der Waals surface area contributed by atoms with Gasteiger partial charge >= 0.3 is 11.9 Å². The first-order chi connectivity index (χ1) is 7.02. The van der Waals surface area contributed by atoms with E-state index in [0.29, 0.717) is 0 Å². The monoisotopic (exact) mass is 238 g/mol. The highest BCUT2D eigenvalue weighted by atomic mass is 31.1. The fourth-order valence-corrected chi connectivity index (χ4v) is 1.77. The molecule has 7 heteroatoms. The average Bonchev–Trinajstić information content (AvgIpc) is 2.14. The zero-order valence-electron chi connectivity index (χ0n) is 8.94. The summed E-state index contributed by atoms with van der Waals surface area (Å²) >= 11 is 0. The molecule has 0 aromatic rings. The summed E-state index contributed by atoms with van der Waals surface area (Å²) in [6.07, 6.45) is 0. The maximum Gasteiger partial charge on any atom is 0.357 e. The number of ether oxygens (including phenoxy) is 2. The van der Waals surface area contributed by atoms with E-state index in [9.17, 15) is 14.2 Å². The second-order valence-corrected chi connectivity index (χ2v) is 3.94. The van der Waals surface area contributed by atoms with Crippen LogP contribution >= 0.6 is 8.03 Å². The van der Waals surface area contributed by atoms with E-state index in [0.717, 1.165) is 6.92 Å². The van der Waals surface area contributed by atoms with Crippen LogP contribution in [0.25, 0.3) is 0 Å². The van der Waals surface area contributed by atoms with Gasteiger partial charge in [-0.05, 0) is 13.8 Å². The first-order valence-electron chi connectivity index (χ1n) is 4.53. The van der Waals surface area contributed by atoms with Crippen LogP contribution in [0, 0.1) is 0 Å². The van der Waals surface area contributed by atoms with Crippen molar-refractivity contribution in [2.75, 3.05) is 13.2 Å². The average molecular weight is 238 g/mol. The van der Waals surface area contributed by atoms with Gasteiger partial charge in [0, 0.05) is 6.92 Å². The second-order valence-electron chi connectivity index (χ2n) is 2.49. The number of esters is 2. The molecule has 0 radical (unpaired) electrons. The number of hydrogen-bond acceptors (Lipinski definition) is 6. The molecule has 0 aliphatic carbocycles. The van der Waals surface area contributed by atoms with Gasteiger partial charge in [-0.15, -0.1) is 0 Å². The van der Waals surface area contributed by atoms with Crippen molar-refractivity contribution in [3.05, 3.63) is 0 Å². The maximum atomic E-state index is 11.4. The molecule has 0 aromatic carbocycles. The van der Waals surface area contributed by atoms with E-state index in [1.54, 1.807) is 13.8 Å².